The predicted octanol–water partition coefficient (Wildman–Crippen LogP) is 15.6. The van der Waals surface area contributed by atoms with E-state index in [-0.39, 0.29) is 0 Å². The van der Waals surface area contributed by atoms with Gasteiger partial charge in [0, 0.05) is 53.6 Å². The summed E-state index contributed by atoms with van der Waals surface area (Å²) in [6.07, 6.45) is 0. The van der Waals surface area contributed by atoms with Crippen LogP contribution in [0.1, 0.15) is 0 Å². The maximum atomic E-state index is 2.47. The van der Waals surface area contributed by atoms with E-state index in [1.165, 1.54) is 75.4 Å². The minimum absolute atomic E-state index is 1.10. The summed E-state index contributed by atoms with van der Waals surface area (Å²) in [5, 5.41) is 5.03. The van der Waals surface area contributed by atoms with E-state index < -0.39 is 0 Å². The van der Waals surface area contributed by atoms with Crippen LogP contribution in [-0.2, 0) is 0 Å². The maximum Gasteiger partial charge on any atom is 0.0640 e. The van der Waals surface area contributed by atoms with Crippen molar-refractivity contribution in [3.05, 3.63) is 218 Å². The Balaban J connectivity index is 1.23. The Morgan fingerprint density at radius 1 is 0.368 bits per heavy atom. The smallest absolute Gasteiger partial charge is 0.0640 e. The summed E-state index contributed by atoms with van der Waals surface area (Å²) < 4.78 is 5.08. The molecule has 2 nitrogen and oxygen atoms in total. The highest BCUT2D eigenvalue weighted by Crippen LogP contribution is 2.48. The van der Waals surface area contributed by atoms with E-state index in [9.17, 15) is 0 Å². The molecule has 0 radical (unpaired) electrons. The molecule has 57 heavy (non-hydrogen) atoms. The lowest BCUT2D eigenvalue weighted by molar-refractivity contribution is 1.18. The largest absolute Gasteiger partial charge is 0.310 e. The lowest BCUT2D eigenvalue weighted by Crippen LogP contribution is -2.11. The quantitative estimate of drug-likeness (QED) is 0.158. The van der Waals surface area contributed by atoms with Gasteiger partial charge in [0.05, 0.1) is 16.7 Å². The van der Waals surface area contributed by atoms with E-state index >= 15 is 0 Å². The minimum Gasteiger partial charge on any atom is -0.310 e. The second kappa shape index (κ2) is 13.8. The van der Waals surface area contributed by atoms with Crippen LogP contribution in [0.25, 0.3) is 81.0 Å². The number of thiophene rings is 1. The Bertz CT molecular complexity index is 3150. The first-order valence-corrected chi connectivity index (χ1v) is 20.2. The van der Waals surface area contributed by atoms with Gasteiger partial charge in [-0.3, -0.25) is 0 Å². The fourth-order valence-electron chi connectivity index (χ4n) is 8.57. The van der Waals surface area contributed by atoms with Gasteiger partial charge in [-0.25, -0.2) is 0 Å². The Hall–Kier alpha value is -7.20. The molecule has 0 fully saturated rings. The zero-order valence-electron chi connectivity index (χ0n) is 31.1. The third kappa shape index (κ3) is 5.71. The molecule has 0 unspecified atom stereocenters. The molecule has 0 aliphatic heterocycles. The van der Waals surface area contributed by atoms with Crippen molar-refractivity contribution in [3.8, 4) is 39.1 Å². The summed E-state index contributed by atoms with van der Waals surface area (Å²) in [5.41, 5.74) is 13.9. The van der Waals surface area contributed by atoms with Crippen LogP contribution >= 0.6 is 11.3 Å². The molecule has 0 bridgehead atoms. The van der Waals surface area contributed by atoms with Gasteiger partial charge in [0.2, 0.25) is 0 Å². The van der Waals surface area contributed by atoms with Crippen LogP contribution in [0, 0.1) is 0 Å². The average molecular weight is 745 g/mol. The Kier molecular flexibility index (Phi) is 8.04. The van der Waals surface area contributed by atoms with E-state index in [2.05, 4.69) is 228 Å². The van der Waals surface area contributed by atoms with Crippen molar-refractivity contribution in [3.63, 3.8) is 0 Å². The molecule has 11 aromatic rings. The predicted molar refractivity (Wildman–Crippen MR) is 245 cm³/mol. The van der Waals surface area contributed by atoms with Crippen molar-refractivity contribution in [2.75, 3.05) is 4.90 Å². The van der Waals surface area contributed by atoms with Crippen molar-refractivity contribution >= 4 is 70.4 Å². The molecular weight excluding hydrogens is 709 g/mol. The molecule has 0 amide bonds. The van der Waals surface area contributed by atoms with Gasteiger partial charge in [-0.2, -0.15) is 0 Å². The number of hydrogen-bond donors (Lipinski definition) is 0. The monoisotopic (exact) mass is 744 g/mol. The molecule has 2 heterocycles. The third-order valence-corrected chi connectivity index (χ3v) is 12.3. The molecule has 11 rings (SSSR count). The molecule has 268 valence electrons. The first-order valence-electron chi connectivity index (χ1n) is 19.4. The van der Waals surface area contributed by atoms with Gasteiger partial charge >= 0.3 is 0 Å². The zero-order chi connectivity index (χ0) is 37.7. The van der Waals surface area contributed by atoms with Gasteiger partial charge in [0.15, 0.2) is 0 Å². The molecule has 9 aromatic carbocycles. The molecular formula is C54H36N2S. The summed E-state index contributed by atoms with van der Waals surface area (Å²) in [4.78, 5) is 2.46. The van der Waals surface area contributed by atoms with E-state index in [4.69, 9.17) is 0 Å². The van der Waals surface area contributed by atoms with Gasteiger partial charge in [0.1, 0.15) is 0 Å². The number of nitrogens with zero attached hydrogens (tertiary/aromatic N) is 2. The van der Waals surface area contributed by atoms with Crippen molar-refractivity contribution < 1.29 is 0 Å². The summed E-state index contributed by atoms with van der Waals surface area (Å²) >= 11 is 1.87. The molecule has 0 N–H and O–H groups in total. The Morgan fingerprint density at radius 2 is 0.930 bits per heavy atom. The normalized spacial score (nSPS) is 11.5. The summed E-state index contributed by atoms with van der Waals surface area (Å²) in [6, 6.07) is 79.5. The molecule has 0 saturated carbocycles. The summed E-state index contributed by atoms with van der Waals surface area (Å²) in [6.45, 7) is 0. The topological polar surface area (TPSA) is 8.17 Å². The van der Waals surface area contributed by atoms with Crippen LogP contribution in [0.3, 0.4) is 0 Å². The van der Waals surface area contributed by atoms with Crippen molar-refractivity contribution in [1.29, 1.82) is 0 Å². The van der Waals surface area contributed by atoms with Crippen LogP contribution < -0.4 is 4.90 Å². The zero-order valence-corrected chi connectivity index (χ0v) is 31.9. The molecule has 0 saturated heterocycles. The number of aromatic nitrogens is 1. The number of para-hydroxylation sites is 2. The minimum atomic E-state index is 1.10. The summed E-state index contributed by atoms with van der Waals surface area (Å²) in [7, 11) is 0. The van der Waals surface area contributed by atoms with Crippen LogP contribution in [0.5, 0.6) is 0 Å². The van der Waals surface area contributed by atoms with E-state index in [1.54, 1.807) is 0 Å². The second-order valence-electron chi connectivity index (χ2n) is 14.5. The van der Waals surface area contributed by atoms with Crippen LogP contribution in [0.15, 0.2) is 218 Å². The van der Waals surface area contributed by atoms with Gasteiger partial charge in [-0.05, 0) is 88.5 Å². The van der Waals surface area contributed by atoms with E-state index in [0.717, 1.165) is 22.7 Å². The molecule has 0 aliphatic rings. The lowest BCUT2D eigenvalue weighted by atomic mass is 9.97. The number of anilines is 3. The standard InChI is InChI=1S/C54H36N2S/c1-4-16-37(17-5-1)39-20-14-24-43(34-39)55(44-25-15-21-40(35-44)38-18-6-2-7-19-38)50-33-32-45(41-30-31-47-46-26-11-13-29-51(46)57-52(47)36-41)54-53(50)48-27-10-12-28-49(48)56(54)42-22-8-3-9-23-42/h1-36H. The van der Waals surface area contributed by atoms with Crippen LogP contribution in [-0.4, -0.2) is 4.57 Å². The van der Waals surface area contributed by atoms with Gasteiger partial charge in [-0.15, -0.1) is 11.3 Å². The first kappa shape index (κ1) is 33.2. The van der Waals surface area contributed by atoms with Gasteiger partial charge < -0.3 is 9.47 Å². The SMILES string of the molecule is c1ccc(-c2cccc(N(c3cccc(-c4ccccc4)c3)c3ccc(-c4ccc5c(c4)sc4ccccc45)c4c3c3ccccc3n4-c3ccccc3)c2)cc1. The van der Waals surface area contributed by atoms with Crippen molar-refractivity contribution in [2.24, 2.45) is 0 Å². The van der Waals surface area contributed by atoms with Crippen LogP contribution in [0.2, 0.25) is 0 Å². The van der Waals surface area contributed by atoms with Crippen molar-refractivity contribution in [1.82, 2.24) is 4.57 Å². The number of hydrogen-bond acceptors (Lipinski definition) is 2. The molecule has 3 heteroatoms. The second-order valence-corrected chi connectivity index (χ2v) is 15.6. The fraction of sp³-hybridized carbons (Fsp3) is 0. The van der Waals surface area contributed by atoms with E-state index in [0.29, 0.717) is 0 Å². The first-order chi connectivity index (χ1) is 28.3. The van der Waals surface area contributed by atoms with Crippen LogP contribution in [0.4, 0.5) is 17.1 Å². The molecule has 0 spiro atoms. The molecule has 0 aliphatic carbocycles. The van der Waals surface area contributed by atoms with Gasteiger partial charge in [0.25, 0.3) is 0 Å². The Morgan fingerprint density at radius 3 is 1.61 bits per heavy atom. The highest BCUT2D eigenvalue weighted by Gasteiger charge is 2.24. The number of rotatable bonds is 7. The average Bonchev–Trinajstić information content (AvgIpc) is 3.84. The Labute approximate surface area is 335 Å². The molecule has 2 aromatic heterocycles. The molecule has 0 atom stereocenters. The van der Waals surface area contributed by atoms with E-state index in [1.807, 2.05) is 11.3 Å². The highest BCUT2D eigenvalue weighted by molar-refractivity contribution is 7.25. The summed E-state index contributed by atoms with van der Waals surface area (Å²) in [5.74, 6) is 0. The highest BCUT2D eigenvalue weighted by atomic mass is 32.1. The maximum absolute atomic E-state index is 2.47. The third-order valence-electron chi connectivity index (χ3n) is 11.2. The fourth-order valence-corrected chi connectivity index (χ4v) is 9.72. The number of benzene rings is 9. The number of fused-ring (bicyclic) bond motifs is 6. The van der Waals surface area contributed by atoms with Crippen molar-refractivity contribution in [2.45, 2.75) is 0 Å². The van der Waals surface area contributed by atoms with Gasteiger partial charge in [-0.1, -0.05) is 158 Å². The lowest BCUT2D eigenvalue weighted by Gasteiger charge is -2.28.